The molecule has 2 saturated heterocycles. The molecule has 0 aromatic heterocycles. The van der Waals surface area contributed by atoms with Gasteiger partial charge in [0.05, 0.1) is 5.41 Å². The second-order valence-electron chi connectivity index (χ2n) is 7.11. The first-order valence-electron chi connectivity index (χ1n) is 6.62. The Morgan fingerprint density at radius 3 is 2.56 bits per heavy atom. The van der Waals surface area contributed by atoms with Gasteiger partial charge in [0.2, 0.25) is 0 Å². The third kappa shape index (κ3) is 1.16. The van der Waals surface area contributed by atoms with Crippen molar-refractivity contribution < 1.29 is 9.53 Å². The van der Waals surface area contributed by atoms with E-state index in [1.165, 1.54) is 12.8 Å². The molecule has 1 spiro atoms. The zero-order valence-corrected chi connectivity index (χ0v) is 10.6. The molecule has 0 aromatic carbocycles. The molecule has 3 atom stereocenters. The van der Waals surface area contributed by atoms with Crippen molar-refractivity contribution >= 4 is 5.97 Å². The number of hydrogen-bond donors (Lipinski definition) is 0. The summed E-state index contributed by atoms with van der Waals surface area (Å²) >= 11 is 0. The Labute approximate surface area is 97.7 Å². The van der Waals surface area contributed by atoms with Crippen molar-refractivity contribution in [1.29, 1.82) is 0 Å². The summed E-state index contributed by atoms with van der Waals surface area (Å²) in [6, 6.07) is 0. The molecule has 2 aliphatic carbocycles. The van der Waals surface area contributed by atoms with Crippen molar-refractivity contribution in [3.05, 3.63) is 0 Å². The Hall–Kier alpha value is -0.530. The highest BCUT2D eigenvalue weighted by Crippen LogP contribution is 2.62. The van der Waals surface area contributed by atoms with Crippen molar-refractivity contribution in [2.75, 3.05) is 0 Å². The lowest BCUT2D eigenvalue weighted by Gasteiger charge is -2.61. The summed E-state index contributed by atoms with van der Waals surface area (Å²) in [5.41, 5.74) is 0.0816. The molecule has 2 heterocycles. The van der Waals surface area contributed by atoms with Crippen LogP contribution in [0.4, 0.5) is 0 Å². The molecule has 4 aliphatic rings. The fourth-order valence-electron chi connectivity index (χ4n) is 4.37. The van der Waals surface area contributed by atoms with Crippen LogP contribution in [0.3, 0.4) is 0 Å². The van der Waals surface area contributed by atoms with Gasteiger partial charge >= 0.3 is 5.97 Å². The maximum atomic E-state index is 12.0. The highest BCUT2D eigenvalue weighted by atomic mass is 16.6. The van der Waals surface area contributed by atoms with E-state index in [4.69, 9.17) is 4.74 Å². The van der Waals surface area contributed by atoms with E-state index in [2.05, 4.69) is 20.8 Å². The van der Waals surface area contributed by atoms with Crippen LogP contribution in [0.5, 0.6) is 0 Å². The summed E-state index contributed by atoms with van der Waals surface area (Å²) in [5, 5.41) is 0. The van der Waals surface area contributed by atoms with E-state index in [0.29, 0.717) is 11.3 Å². The van der Waals surface area contributed by atoms with E-state index in [0.717, 1.165) is 25.7 Å². The normalized spacial score (nSPS) is 49.7. The molecule has 0 amide bonds. The molecule has 4 fully saturated rings. The molecule has 90 valence electrons. The maximum Gasteiger partial charge on any atom is 0.312 e. The number of fused-ring (bicyclic) bond motifs is 2. The molecule has 0 N–H and O–H groups in total. The van der Waals surface area contributed by atoms with Crippen molar-refractivity contribution in [2.45, 2.75) is 64.9 Å². The molecule has 3 unspecified atom stereocenters. The van der Waals surface area contributed by atoms with E-state index in [-0.39, 0.29) is 17.0 Å². The summed E-state index contributed by atoms with van der Waals surface area (Å²) in [7, 11) is 0. The molecular weight excluding hydrogens is 200 g/mol. The van der Waals surface area contributed by atoms with Gasteiger partial charge in [-0.25, -0.2) is 0 Å². The van der Waals surface area contributed by atoms with Gasteiger partial charge in [0.1, 0.15) is 5.60 Å². The van der Waals surface area contributed by atoms with Gasteiger partial charge in [0.15, 0.2) is 0 Å². The average molecular weight is 222 g/mol. The third-order valence-electron chi connectivity index (χ3n) is 5.54. The first-order chi connectivity index (χ1) is 7.38. The van der Waals surface area contributed by atoms with Crippen LogP contribution >= 0.6 is 0 Å². The van der Waals surface area contributed by atoms with E-state index in [1.54, 1.807) is 0 Å². The highest BCUT2D eigenvalue weighted by Gasteiger charge is 2.63. The Bertz CT molecular complexity index is 347. The molecule has 4 rings (SSSR count). The highest BCUT2D eigenvalue weighted by molar-refractivity contribution is 5.79. The Morgan fingerprint density at radius 2 is 1.88 bits per heavy atom. The van der Waals surface area contributed by atoms with E-state index >= 15 is 0 Å². The van der Waals surface area contributed by atoms with Gasteiger partial charge in [-0.2, -0.15) is 0 Å². The molecule has 2 bridgehead atoms. The van der Waals surface area contributed by atoms with Crippen LogP contribution in [0.25, 0.3) is 0 Å². The number of rotatable bonds is 0. The Balaban J connectivity index is 2.02. The number of hydrogen-bond acceptors (Lipinski definition) is 2. The standard InChI is InChI=1S/C14H22O2/c1-12(2)5-4-6-14-8-7-13(3,9-10(12)14)11(15)16-14/h10H,4-9H2,1-3H3. The first kappa shape index (κ1) is 10.6. The lowest BCUT2D eigenvalue weighted by atomic mass is 9.50. The molecule has 16 heavy (non-hydrogen) atoms. The summed E-state index contributed by atoms with van der Waals surface area (Å²) in [6.07, 6.45) is 6.80. The van der Waals surface area contributed by atoms with Gasteiger partial charge in [-0.1, -0.05) is 13.8 Å². The number of esters is 1. The quantitative estimate of drug-likeness (QED) is 0.588. The molecule has 2 nitrogen and oxygen atoms in total. The smallest absolute Gasteiger partial charge is 0.312 e. The maximum absolute atomic E-state index is 12.0. The van der Waals surface area contributed by atoms with Crippen LogP contribution < -0.4 is 0 Å². The Morgan fingerprint density at radius 1 is 1.12 bits per heavy atom. The summed E-state index contributed by atoms with van der Waals surface area (Å²) in [4.78, 5) is 12.0. The predicted molar refractivity (Wildman–Crippen MR) is 61.9 cm³/mol. The van der Waals surface area contributed by atoms with E-state index in [1.807, 2.05) is 0 Å². The molecular formula is C14H22O2. The first-order valence-corrected chi connectivity index (χ1v) is 6.62. The number of ether oxygens (including phenoxy) is 1. The fraction of sp³-hybridized carbons (Fsp3) is 0.929. The van der Waals surface area contributed by atoms with Crippen molar-refractivity contribution in [3.63, 3.8) is 0 Å². The van der Waals surface area contributed by atoms with Crippen LogP contribution in [0.1, 0.15) is 59.3 Å². The van der Waals surface area contributed by atoms with Gasteiger partial charge in [0.25, 0.3) is 0 Å². The van der Waals surface area contributed by atoms with Crippen LogP contribution in [0.15, 0.2) is 0 Å². The minimum atomic E-state index is -0.180. The number of carbonyl (C=O) groups is 1. The SMILES string of the molecule is CC12CCC3(CCCC(C)(C)C3C1)OC2=O. The lowest BCUT2D eigenvalue weighted by Crippen LogP contribution is -2.63. The van der Waals surface area contributed by atoms with Gasteiger partial charge in [-0.15, -0.1) is 0 Å². The topological polar surface area (TPSA) is 26.3 Å². The Kier molecular flexibility index (Phi) is 1.88. The second kappa shape index (κ2) is 2.83. The molecule has 0 aromatic rings. The van der Waals surface area contributed by atoms with E-state index in [9.17, 15) is 4.79 Å². The molecule has 2 heteroatoms. The zero-order chi connectivity index (χ0) is 11.6. The van der Waals surface area contributed by atoms with Gasteiger partial charge < -0.3 is 4.74 Å². The monoisotopic (exact) mass is 222 g/mol. The fourth-order valence-corrected chi connectivity index (χ4v) is 4.37. The molecule has 2 saturated carbocycles. The average Bonchev–Trinajstić information content (AvgIpc) is 2.19. The van der Waals surface area contributed by atoms with Gasteiger partial charge in [0, 0.05) is 5.92 Å². The predicted octanol–water partition coefficient (Wildman–Crippen LogP) is 3.30. The largest absolute Gasteiger partial charge is 0.458 e. The molecule has 0 radical (unpaired) electrons. The third-order valence-corrected chi connectivity index (χ3v) is 5.54. The lowest BCUT2D eigenvalue weighted by molar-refractivity contribution is -0.239. The van der Waals surface area contributed by atoms with Gasteiger partial charge in [-0.3, -0.25) is 4.79 Å². The van der Waals surface area contributed by atoms with Crippen molar-refractivity contribution in [3.8, 4) is 0 Å². The van der Waals surface area contributed by atoms with Crippen LogP contribution in [-0.2, 0) is 9.53 Å². The summed E-state index contributed by atoms with van der Waals surface area (Å²) in [6.45, 7) is 6.82. The van der Waals surface area contributed by atoms with Gasteiger partial charge in [-0.05, 0) is 50.9 Å². The summed E-state index contributed by atoms with van der Waals surface area (Å²) in [5.74, 6) is 0.665. The van der Waals surface area contributed by atoms with Crippen molar-refractivity contribution in [2.24, 2.45) is 16.7 Å². The second-order valence-corrected chi connectivity index (χ2v) is 7.11. The van der Waals surface area contributed by atoms with E-state index < -0.39 is 0 Å². The zero-order valence-electron chi connectivity index (χ0n) is 10.6. The van der Waals surface area contributed by atoms with Crippen molar-refractivity contribution in [1.82, 2.24) is 0 Å². The summed E-state index contributed by atoms with van der Waals surface area (Å²) < 4.78 is 5.88. The van der Waals surface area contributed by atoms with Crippen LogP contribution in [0, 0.1) is 16.7 Å². The van der Waals surface area contributed by atoms with Crippen LogP contribution in [-0.4, -0.2) is 11.6 Å². The minimum absolute atomic E-state index is 0.0766. The van der Waals surface area contributed by atoms with Crippen LogP contribution in [0.2, 0.25) is 0 Å². The molecule has 2 aliphatic heterocycles. The minimum Gasteiger partial charge on any atom is -0.458 e. The number of carbonyl (C=O) groups excluding carboxylic acids is 1.